The van der Waals surface area contributed by atoms with E-state index < -0.39 is 0 Å². The van der Waals surface area contributed by atoms with E-state index >= 15 is 0 Å². The first-order valence-electron chi connectivity index (χ1n) is 5.14. The molecule has 0 saturated heterocycles. The molecule has 2 heterocycles. The van der Waals surface area contributed by atoms with Gasteiger partial charge in [-0.3, -0.25) is 4.79 Å². The quantitative estimate of drug-likeness (QED) is 0.901. The Morgan fingerprint density at radius 1 is 1.53 bits per heavy atom. The summed E-state index contributed by atoms with van der Waals surface area (Å²) < 4.78 is 0. The second-order valence-corrected chi connectivity index (χ2v) is 5.41. The van der Waals surface area contributed by atoms with Crippen LogP contribution >= 0.6 is 22.9 Å². The van der Waals surface area contributed by atoms with Crippen molar-refractivity contribution < 1.29 is 0 Å². The van der Waals surface area contributed by atoms with Crippen LogP contribution in [0.1, 0.15) is 22.7 Å². The molecular formula is C11H12ClN3OS. The maximum absolute atomic E-state index is 11.3. The zero-order valence-corrected chi connectivity index (χ0v) is 11.0. The smallest absolute Gasteiger partial charge is 0.271 e. The van der Waals surface area contributed by atoms with E-state index in [1.54, 1.807) is 11.3 Å². The van der Waals surface area contributed by atoms with Crippen molar-refractivity contribution in [3.8, 4) is 0 Å². The van der Waals surface area contributed by atoms with Crippen LogP contribution in [0.4, 0.5) is 5.82 Å². The molecule has 0 aliphatic heterocycles. The van der Waals surface area contributed by atoms with Crippen molar-refractivity contribution in [2.75, 3.05) is 5.32 Å². The fraction of sp³-hybridized carbons (Fsp3) is 0.273. The Bertz CT molecular complexity index is 578. The fourth-order valence-electron chi connectivity index (χ4n) is 1.45. The van der Waals surface area contributed by atoms with Crippen molar-refractivity contribution >= 4 is 28.8 Å². The first-order chi connectivity index (χ1) is 8.08. The minimum atomic E-state index is -0.335. The van der Waals surface area contributed by atoms with Gasteiger partial charge in [0.15, 0.2) is 5.82 Å². The molecule has 17 heavy (non-hydrogen) atoms. The first kappa shape index (κ1) is 12.1. The van der Waals surface area contributed by atoms with Gasteiger partial charge in [0.2, 0.25) is 0 Å². The average molecular weight is 270 g/mol. The van der Waals surface area contributed by atoms with Crippen LogP contribution in [0.2, 0.25) is 5.02 Å². The summed E-state index contributed by atoms with van der Waals surface area (Å²) in [4.78, 5) is 20.2. The molecule has 0 bridgehead atoms. The maximum atomic E-state index is 11.3. The summed E-state index contributed by atoms with van der Waals surface area (Å²) in [6.45, 7) is 4.06. The van der Waals surface area contributed by atoms with Gasteiger partial charge in [0.25, 0.3) is 5.56 Å². The molecule has 2 aromatic rings. The number of nitrogens with one attached hydrogen (secondary N) is 2. The van der Waals surface area contributed by atoms with Gasteiger partial charge in [0.05, 0.1) is 12.4 Å². The molecule has 1 atom stereocenters. The van der Waals surface area contributed by atoms with Crippen LogP contribution in [-0.2, 0) is 0 Å². The van der Waals surface area contributed by atoms with Crippen LogP contribution in [0.15, 0.2) is 23.3 Å². The van der Waals surface area contributed by atoms with Crippen molar-refractivity contribution in [2.45, 2.75) is 19.9 Å². The van der Waals surface area contributed by atoms with E-state index in [-0.39, 0.29) is 16.6 Å². The third kappa shape index (κ3) is 2.68. The number of hydrogen-bond donors (Lipinski definition) is 2. The van der Waals surface area contributed by atoms with E-state index in [9.17, 15) is 4.79 Å². The summed E-state index contributed by atoms with van der Waals surface area (Å²) >= 11 is 7.57. The number of nitrogens with zero attached hydrogens (tertiary/aromatic N) is 1. The summed E-state index contributed by atoms with van der Waals surface area (Å²) in [6.07, 6.45) is 1.34. The molecular weight excluding hydrogens is 258 g/mol. The highest BCUT2D eigenvalue weighted by atomic mass is 35.5. The number of anilines is 1. The number of aromatic amines is 1. The molecule has 2 rings (SSSR count). The van der Waals surface area contributed by atoms with Gasteiger partial charge in [-0.2, -0.15) is 0 Å². The number of aromatic nitrogens is 2. The lowest BCUT2D eigenvalue weighted by Gasteiger charge is -2.13. The Morgan fingerprint density at radius 3 is 2.94 bits per heavy atom. The topological polar surface area (TPSA) is 57.8 Å². The second kappa shape index (κ2) is 4.89. The minimum Gasteiger partial charge on any atom is -0.361 e. The molecule has 1 unspecified atom stereocenters. The molecule has 6 heteroatoms. The summed E-state index contributed by atoms with van der Waals surface area (Å²) in [5.74, 6) is 0.411. The van der Waals surface area contributed by atoms with E-state index in [1.165, 1.54) is 16.1 Å². The Hall–Kier alpha value is -1.33. The monoisotopic (exact) mass is 269 g/mol. The van der Waals surface area contributed by atoms with Gasteiger partial charge in [-0.15, -0.1) is 11.3 Å². The molecule has 90 valence electrons. The number of rotatable bonds is 3. The predicted molar refractivity (Wildman–Crippen MR) is 71.0 cm³/mol. The third-order valence-corrected chi connectivity index (χ3v) is 3.87. The van der Waals surface area contributed by atoms with Crippen LogP contribution in [0.5, 0.6) is 0 Å². The van der Waals surface area contributed by atoms with E-state index in [4.69, 9.17) is 11.6 Å². The van der Waals surface area contributed by atoms with E-state index in [1.807, 2.05) is 6.92 Å². The molecule has 0 amide bonds. The van der Waals surface area contributed by atoms with Crippen LogP contribution in [-0.4, -0.2) is 9.97 Å². The average Bonchev–Trinajstić information content (AvgIpc) is 2.72. The van der Waals surface area contributed by atoms with Crippen molar-refractivity contribution in [3.05, 3.63) is 43.6 Å². The van der Waals surface area contributed by atoms with Gasteiger partial charge in [-0.25, -0.2) is 4.98 Å². The number of H-pyrrole nitrogens is 1. The largest absolute Gasteiger partial charge is 0.361 e. The van der Waals surface area contributed by atoms with E-state index in [2.05, 4.69) is 34.3 Å². The van der Waals surface area contributed by atoms with Crippen molar-refractivity contribution in [1.82, 2.24) is 9.97 Å². The molecule has 0 aliphatic carbocycles. The summed E-state index contributed by atoms with van der Waals surface area (Å²) in [5, 5.41) is 3.22. The normalized spacial score (nSPS) is 12.4. The van der Waals surface area contributed by atoms with E-state index in [0.717, 1.165) is 0 Å². The second-order valence-electron chi connectivity index (χ2n) is 3.71. The lowest BCUT2D eigenvalue weighted by molar-refractivity contribution is 0.891. The Kier molecular flexibility index (Phi) is 3.49. The van der Waals surface area contributed by atoms with Gasteiger partial charge in [-0.05, 0) is 26.0 Å². The molecule has 0 radical (unpaired) electrons. The van der Waals surface area contributed by atoms with Gasteiger partial charge >= 0.3 is 0 Å². The molecule has 2 aromatic heterocycles. The molecule has 2 N–H and O–H groups in total. The molecule has 0 saturated carbocycles. The van der Waals surface area contributed by atoms with Crippen LogP contribution in [0, 0.1) is 6.92 Å². The number of aryl methyl sites for hydroxylation is 1. The molecule has 0 aliphatic rings. The summed E-state index contributed by atoms with van der Waals surface area (Å²) in [5.41, 5.74) is -0.335. The highest BCUT2D eigenvalue weighted by Crippen LogP contribution is 2.26. The highest BCUT2D eigenvalue weighted by molar-refractivity contribution is 7.12. The van der Waals surface area contributed by atoms with Crippen molar-refractivity contribution in [3.63, 3.8) is 0 Å². The third-order valence-electron chi connectivity index (χ3n) is 2.34. The zero-order valence-electron chi connectivity index (χ0n) is 9.45. The van der Waals surface area contributed by atoms with E-state index in [0.29, 0.717) is 5.82 Å². The van der Waals surface area contributed by atoms with Crippen molar-refractivity contribution in [1.29, 1.82) is 0 Å². The van der Waals surface area contributed by atoms with Crippen LogP contribution in [0.25, 0.3) is 0 Å². The first-order valence-corrected chi connectivity index (χ1v) is 6.33. The number of halogens is 1. The maximum Gasteiger partial charge on any atom is 0.271 e. The van der Waals surface area contributed by atoms with Gasteiger partial charge in [-0.1, -0.05) is 11.6 Å². The Balaban J connectivity index is 2.21. The molecule has 0 fully saturated rings. The van der Waals surface area contributed by atoms with Gasteiger partial charge in [0.1, 0.15) is 5.02 Å². The van der Waals surface area contributed by atoms with Crippen LogP contribution < -0.4 is 10.9 Å². The number of thiophene rings is 1. The summed E-state index contributed by atoms with van der Waals surface area (Å²) in [7, 11) is 0. The highest BCUT2D eigenvalue weighted by Gasteiger charge is 2.11. The lowest BCUT2D eigenvalue weighted by Crippen LogP contribution is -2.13. The zero-order chi connectivity index (χ0) is 12.4. The van der Waals surface area contributed by atoms with Crippen LogP contribution in [0.3, 0.4) is 0 Å². The summed E-state index contributed by atoms with van der Waals surface area (Å²) in [6, 6.07) is 4.18. The predicted octanol–water partition coefficient (Wildman–Crippen LogP) is 2.97. The SMILES string of the molecule is Cc1ccc(C(C)Nc2nc[nH]c(=O)c2Cl)s1. The van der Waals surface area contributed by atoms with Gasteiger partial charge in [0, 0.05) is 9.75 Å². The lowest BCUT2D eigenvalue weighted by atomic mass is 10.2. The Labute approximate surface area is 108 Å². The molecule has 0 spiro atoms. The molecule has 4 nitrogen and oxygen atoms in total. The number of hydrogen-bond acceptors (Lipinski definition) is 4. The fourth-order valence-corrected chi connectivity index (χ4v) is 2.48. The van der Waals surface area contributed by atoms with Gasteiger partial charge < -0.3 is 10.3 Å². The standard InChI is InChI=1S/C11H12ClN3OS/c1-6-3-4-8(17-6)7(2)15-10-9(12)11(16)14-5-13-10/h3-5,7H,1-2H3,(H2,13,14,15,16). The Morgan fingerprint density at radius 2 is 2.29 bits per heavy atom. The minimum absolute atomic E-state index is 0.0699. The molecule has 0 aromatic carbocycles. The van der Waals surface area contributed by atoms with Crippen molar-refractivity contribution in [2.24, 2.45) is 0 Å².